The molecular formula is C14H21N3OS. The van der Waals surface area contributed by atoms with E-state index in [-0.39, 0.29) is 5.91 Å². The molecule has 19 heavy (non-hydrogen) atoms. The van der Waals surface area contributed by atoms with Gasteiger partial charge in [-0.25, -0.2) is 0 Å². The number of amides is 1. The number of carbonyl (C=O) groups excluding carboxylic acids is 1. The first kappa shape index (κ1) is 13.1. The first-order chi connectivity index (χ1) is 9.25. The molecule has 1 aromatic rings. The number of rotatable bonds is 3. The van der Waals surface area contributed by atoms with Crippen molar-refractivity contribution in [3.63, 3.8) is 0 Å². The molecular weight excluding hydrogens is 258 g/mol. The Balaban J connectivity index is 1.60. The van der Waals surface area contributed by atoms with Gasteiger partial charge in [-0.3, -0.25) is 9.69 Å². The number of hydrogen-bond acceptors (Lipinski definition) is 4. The van der Waals surface area contributed by atoms with E-state index in [4.69, 9.17) is 5.73 Å². The monoisotopic (exact) mass is 279 g/mol. The van der Waals surface area contributed by atoms with Crippen LogP contribution in [-0.4, -0.2) is 36.0 Å². The first-order valence-electron chi connectivity index (χ1n) is 7.09. The molecule has 104 valence electrons. The molecule has 3 N–H and O–H groups in total. The molecule has 3 rings (SSSR count). The van der Waals surface area contributed by atoms with E-state index in [0.717, 1.165) is 17.8 Å². The SMILES string of the molecule is NC(C(=O)NC1CCN2CCCCC12)c1cccs1. The number of nitrogens with one attached hydrogen (secondary N) is 1. The van der Waals surface area contributed by atoms with Crippen molar-refractivity contribution in [1.82, 2.24) is 10.2 Å². The summed E-state index contributed by atoms with van der Waals surface area (Å²) in [4.78, 5) is 15.7. The molecule has 4 nitrogen and oxygen atoms in total. The molecule has 3 heterocycles. The summed E-state index contributed by atoms with van der Waals surface area (Å²) in [5, 5.41) is 5.13. The third kappa shape index (κ3) is 2.68. The third-order valence-electron chi connectivity index (χ3n) is 4.32. The Kier molecular flexibility index (Phi) is 3.86. The third-order valence-corrected chi connectivity index (χ3v) is 5.27. The van der Waals surface area contributed by atoms with Crippen LogP contribution in [0, 0.1) is 0 Å². The summed E-state index contributed by atoms with van der Waals surface area (Å²) in [6, 6.07) is 4.17. The molecule has 3 unspecified atom stereocenters. The number of piperidine rings is 1. The fourth-order valence-corrected chi connectivity index (χ4v) is 4.01. The van der Waals surface area contributed by atoms with Gasteiger partial charge in [-0.15, -0.1) is 11.3 Å². The highest BCUT2D eigenvalue weighted by Gasteiger charge is 2.36. The normalized spacial score (nSPS) is 28.9. The minimum absolute atomic E-state index is 0.0279. The lowest BCUT2D eigenvalue weighted by atomic mass is 9.99. The highest BCUT2D eigenvalue weighted by atomic mass is 32.1. The minimum Gasteiger partial charge on any atom is -0.350 e. The van der Waals surface area contributed by atoms with Crippen LogP contribution in [0.25, 0.3) is 0 Å². The lowest BCUT2D eigenvalue weighted by molar-refractivity contribution is -0.123. The summed E-state index contributed by atoms with van der Waals surface area (Å²) in [7, 11) is 0. The standard InChI is InChI=1S/C14H21N3OS/c15-13(12-5-3-9-19-12)14(18)16-10-6-8-17-7-2-1-4-11(10)17/h3,5,9-11,13H,1-2,4,6-8,15H2,(H,16,18). The van der Waals surface area contributed by atoms with Crippen LogP contribution >= 0.6 is 11.3 Å². The highest BCUT2D eigenvalue weighted by Crippen LogP contribution is 2.27. The van der Waals surface area contributed by atoms with E-state index in [9.17, 15) is 4.79 Å². The molecule has 0 bridgehead atoms. The molecule has 2 saturated heterocycles. The molecule has 0 radical (unpaired) electrons. The molecule has 0 aromatic carbocycles. The number of hydrogen-bond donors (Lipinski definition) is 2. The Labute approximate surface area is 118 Å². The molecule has 1 amide bonds. The average Bonchev–Trinajstić information content (AvgIpc) is 3.08. The minimum atomic E-state index is -0.516. The number of nitrogens with zero attached hydrogens (tertiary/aromatic N) is 1. The molecule has 2 aliphatic heterocycles. The Hall–Kier alpha value is -0.910. The Morgan fingerprint density at radius 2 is 2.32 bits per heavy atom. The van der Waals surface area contributed by atoms with E-state index in [0.29, 0.717) is 12.1 Å². The van der Waals surface area contributed by atoms with Gasteiger partial charge >= 0.3 is 0 Å². The van der Waals surface area contributed by atoms with Crippen LogP contribution in [0.4, 0.5) is 0 Å². The van der Waals surface area contributed by atoms with Crippen LogP contribution in [0.15, 0.2) is 17.5 Å². The molecule has 0 saturated carbocycles. The lowest BCUT2D eigenvalue weighted by Gasteiger charge is -2.32. The summed E-state index contributed by atoms with van der Waals surface area (Å²) in [5.74, 6) is -0.0279. The van der Waals surface area contributed by atoms with Gasteiger partial charge in [-0.1, -0.05) is 12.5 Å². The zero-order valence-electron chi connectivity index (χ0n) is 11.0. The summed E-state index contributed by atoms with van der Waals surface area (Å²) in [6.45, 7) is 2.30. The maximum atomic E-state index is 12.2. The summed E-state index contributed by atoms with van der Waals surface area (Å²) >= 11 is 1.54. The van der Waals surface area contributed by atoms with Crippen molar-refractivity contribution in [3.05, 3.63) is 22.4 Å². The zero-order valence-corrected chi connectivity index (χ0v) is 11.9. The molecule has 0 spiro atoms. The van der Waals surface area contributed by atoms with Crippen molar-refractivity contribution in [2.75, 3.05) is 13.1 Å². The van der Waals surface area contributed by atoms with Gasteiger partial charge in [-0.05, 0) is 37.3 Å². The quantitative estimate of drug-likeness (QED) is 0.881. The molecule has 1 aromatic heterocycles. The maximum Gasteiger partial charge on any atom is 0.242 e. The van der Waals surface area contributed by atoms with E-state index in [1.54, 1.807) is 11.3 Å². The van der Waals surface area contributed by atoms with Gasteiger partial charge in [-0.2, -0.15) is 0 Å². The fourth-order valence-electron chi connectivity index (χ4n) is 3.29. The van der Waals surface area contributed by atoms with Crippen LogP contribution in [0.2, 0.25) is 0 Å². The second-order valence-corrected chi connectivity index (χ2v) is 6.48. The predicted octanol–water partition coefficient (Wildman–Crippen LogP) is 1.49. The van der Waals surface area contributed by atoms with Gasteiger partial charge in [0.2, 0.25) is 5.91 Å². The average molecular weight is 279 g/mol. The summed E-state index contributed by atoms with van der Waals surface area (Å²) < 4.78 is 0. The van der Waals surface area contributed by atoms with Crippen LogP contribution in [0.1, 0.15) is 36.6 Å². The van der Waals surface area contributed by atoms with Crippen molar-refractivity contribution in [2.45, 2.75) is 43.8 Å². The van der Waals surface area contributed by atoms with E-state index in [1.807, 2.05) is 17.5 Å². The van der Waals surface area contributed by atoms with E-state index >= 15 is 0 Å². The van der Waals surface area contributed by atoms with Crippen molar-refractivity contribution >= 4 is 17.2 Å². The topological polar surface area (TPSA) is 58.4 Å². The van der Waals surface area contributed by atoms with Crippen molar-refractivity contribution in [1.29, 1.82) is 0 Å². The molecule has 0 aliphatic carbocycles. The largest absolute Gasteiger partial charge is 0.350 e. The zero-order chi connectivity index (χ0) is 13.2. The first-order valence-corrected chi connectivity index (χ1v) is 7.97. The van der Waals surface area contributed by atoms with Gasteiger partial charge in [0.15, 0.2) is 0 Å². The second-order valence-electron chi connectivity index (χ2n) is 5.50. The van der Waals surface area contributed by atoms with Gasteiger partial charge in [0.25, 0.3) is 0 Å². The lowest BCUT2D eigenvalue weighted by Crippen LogP contribution is -2.48. The smallest absolute Gasteiger partial charge is 0.242 e. The van der Waals surface area contributed by atoms with Crippen LogP contribution in [-0.2, 0) is 4.79 Å². The molecule has 3 atom stereocenters. The molecule has 2 aliphatic rings. The number of carbonyl (C=O) groups is 1. The van der Waals surface area contributed by atoms with E-state index in [1.165, 1.54) is 25.8 Å². The number of thiophene rings is 1. The highest BCUT2D eigenvalue weighted by molar-refractivity contribution is 7.10. The van der Waals surface area contributed by atoms with Gasteiger partial charge in [0.1, 0.15) is 6.04 Å². The maximum absolute atomic E-state index is 12.2. The van der Waals surface area contributed by atoms with E-state index in [2.05, 4.69) is 10.2 Å². The van der Waals surface area contributed by atoms with Crippen molar-refractivity contribution in [2.24, 2.45) is 5.73 Å². The number of fused-ring (bicyclic) bond motifs is 1. The Morgan fingerprint density at radius 3 is 3.11 bits per heavy atom. The van der Waals surface area contributed by atoms with Gasteiger partial charge in [0.05, 0.1) is 0 Å². The Morgan fingerprint density at radius 1 is 1.42 bits per heavy atom. The van der Waals surface area contributed by atoms with Crippen LogP contribution in [0.5, 0.6) is 0 Å². The van der Waals surface area contributed by atoms with Crippen molar-refractivity contribution in [3.8, 4) is 0 Å². The van der Waals surface area contributed by atoms with Gasteiger partial charge in [0, 0.05) is 23.5 Å². The van der Waals surface area contributed by atoms with Crippen LogP contribution in [0.3, 0.4) is 0 Å². The second kappa shape index (κ2) is 5.61. The summed E-state index contributed by atoms with van der Waals surface area (Å²) in [6.07, 6.45) is 4.85. The predicted molar refractivity (Wildman–Crippen MR) is 77.0 cm³/mol. The fraction of sp³-hybridized carbons (Fsp3) is 0.643. The Bertz CT molecular complexity index is 434. The summed E-state index contributed by atoms with van der Waals surface area (Å²) in [5.41, 5.74) is 6.01. The number of nitrogens with two attached hydrogens (primary N) is 1. The van der Waals surface area contributed by atoms with Gasteiger partial charge < -0.3 is 11.1 Å². The van der Waals surface area contributed by atoms with E-state index < -0.39 is 6.04 Å². The molecule has 2 fully saturated rings. The van der Waals surface area contributed by atoms with Crippen molar-refractivity contribution < 1.29 is 4.79 Å². The van der Waals surface area contributed by atoms with Crippen LogP contribution < -0.4 is 11.1 Å². The molecule has 5 heteroatoms.